The van der Waals surface area contributed by atoms with Gasteiger partial charge in [-0.2, -0.15) is 5.10 Å². The molecule has 2 aliphatic rings. The topological polar surface area (TPSA) is 33.1 Å². The van der Waals surface area contributed by atoms with Crippen LogP contribution in [-0.4, -0.2) is 45.9 Å². The van der Waals surface area contributed by atoms with E-state index in [9.17, 15) is 0 Å². The molecule has 0 aromatic carbocycles. The van der Waals surface area contributed by atoms with Gasteiger partial charge in [0.15, 0.2) is 0 Å². The van der Waals surface area contributed by atoms with Gasteiger partial charge in [-0.1, -0.05) is 19.3 Å². The molecule has 2 fully saturated rings. The van der Waals surface area contributed by atoms with Crippen LogP contribution in [0.2, 0.25) is 0 Å². The zero-order valence-electron chi connectivity index (χ0n) is 13.6. The normalized spacial score (nSPS) is 27.8. The minimum absolute atomic E-state index is 0.231. The Labute approximate surface area is 128 Å². The van der Waals surface area contributed by atoms with Crippen LogP contribution < -0.4 is 5.32 Å². The standard InChI is InChI=1S/C17H30N4/c1-17(2)14-20(11-12-21-10-6-9-19-21)16(13-18-17)15-7-4-3-5-8-15/h6,9-10,15-16,18H,3-5,7-8,11-14H2,1-2H3. The Kier molecular flexibility index (Phi) is 4.65. The molecule has 21 heavy (non-hydrogen) atoms. The molecule has 0 amide bonds. The fourth-order valence-corrected chi connectivity index (χ4v) is 4.08. The lowest BCUT2D eigenvalue weighted by Gasteiger charge is -2.48. The third-order valence-electron chi connectivity index (χ3n) is 5.23. The molecular formula is C17H30N4. The summed E-state index contributed by atoms with van der Waals surface area (Å²) in [7, 11) is 0. The van der Waals surface area contributed by atoms with Gasteiger partial charge < -0.3 is 5.32 Å². The molecule has 1 unspecified atom stereocenters. The lowest BCUT2D eigenvalue weighted by Crippen LogP contribution is -2.63. The Hall–Kier alpha value is -0.870. The van der Waals surface area contributed by atoms with Crippen molar-refractivity contribution in [2.45, 2.75) is 64.1 Å². The number of aromatic nitrogens is 2. The molecule has 4 heteroatoms. The van der Waals surface area contributed by atoms with Crippen LogP contribution in [0.1, 0.15) is 46.0 Å². The summed E-state index contributed by atoms with van der Waals surface area (Å²) in [5, 5.41) is 8.11. The monoisotopic (exact) mass is 290 g/mol. The highest BCUT2D eigenvalue weighted by molar-refractivity contribution is 4.95. The summed E-state index contributed by atoms with van der Waals surface area (Å²) >= 11 is 0. The zero-order valence-corrected chi connectivity index (χ0v) is 13.6. The predicted octanol–water partition coefficient (Wildman–Crippen LogP) is 2.52. The van der Waals surface area contributed by atoms with E-state index in [1.54, 1.807) is 0 Å². The van der Waals surface area contributed by atoms with Crippen LogP contribution >= 0.6 is 0 Å². The second kappa shape index (κ2) is 6.49. The first-order valence-electron chi connectivity index (χ1n) is 8.61. The van der Waals surface area contributed by atoms with E-state index in [1.807, 2.05) is 12.3 Å². The highest BCUT2D eigenvalue weighted by Gasteiger charge is 2.36. The number of nitrogens with zero attached hydrogens (tertiary/aromatic N) is 3. The van der Waals surface area contributed by atoms with Crippen molar-refractivity contribution in [3.05, 3.63) is 18.5 Å². The molecule has 0 spiro atoms. The molecule has 2 heterocycles. The van der Waals surface area contributed by atoms with Gasteiger partial charge in [-0.15, -0.1) is 0 Å². The molecule has 1 aromatic rings. The maximum Gasteiger partial charge on any atom is 0.0536 e. The summed E-state index contributed by atoms with van der Waals surface area (Å²) < 4.78 is 2.06. The highest BCUT2D eigenvalue weighted by Crippen LogP contribution is 2.31. The number of hydrogen-bond donors (Lipinski definition) is 1. The summed E-state index contributed by atoms with van der Waals surface area (Å²) in [4.78, 5) is 2.73. The minimum atomic E-state index is 0.231. The molecule has 1 aromatic heterocycles. The van der Waals surface area contributed by atoms with E-state index in [4.69, 9.17) is 0 Å². The van der Waals surface area contributed by atoms with Gasteiger partial charge in [0.1, 0.15) is 0 Å². The van der Waals surface area contributed by atoms with Gasteiger partial charge >= 0.3 is 0 Å². The van der Waals surface area contributed by atoms with Gasteiger partial charge in [-0.05, 0) is 38.7 Å². The zero-order chi connectivity index (χ0) is 14.7. The second-order valence-corrected chi connectivity index (χ2v) is 7.47. The second-order valence-electron chi connectivity index (χ2n) is 7.47. The van der Waals surface area contributed by atoms with E-state index in [0.29, 0.717) is 6.04 Å². The molecule has 1 atom stereocenters. The Morgan fingerprint density at radius 2 is 2.00 bits per heavy atom. The minimum Gasteiger partial charge on any atom is -0.309 e. The van der Waals surface area contributed by atoms with Crippen molar-refractivity contribution >= 4 is 0 Å². The summed E-state index contributed by atoms with van der Waals surface area (Å²) in [5.41, 5.74) is 0.231. The summed E-state index contributed by atoms with van der Waals surface area (Å²) in [6.45, 7) is 9.07. The van der Waals surface area contributed by atoms with E-state index >= 15 is 0 Å². The van der Waals surface area contributed by atoms with Crippen molar-refractivity contribution in [2.75, 3.05) is 19.6 Å². The molecule has 118 valence electrons. The van der Waals surface area contributed by atoms with Crippen molar-refractivity contribution in [3.63, 3.8) is 0 Å². The molecular weight excluding hydrogens is 260 g/mol. The third kappa shape index (κ3) is 3.86. The van der Waals surface area contributed by atoms with Crippen molar-refractivity contribution < 1.29 is 0 Å². The highest BCUT2D eigenvalue weighted by atomic mass is 15.3. The number of rotatable bonds is 4. The molecule has 1 saturated carbocycles. The molecule has 0 radical (unpaired) electrons. The quantitative estimate of drug-likeness (QED) is 0.925. The van der Waals surface area contributed by atoms with E-state index in [-0.39, 0.29) is 5.54 Å². The Morgan fingerprint density at radius 1 is 1.19 bits per heavy atom. The average Bonchev–Trinajstić information content (AvgIpc) is 2.98. The van der Waals surface area contributed by atoms with Gasteiger partial charge in [-0.3, -0.25) is 9.58 Å². The van der Waals surface area contributed by atoms with Crippen LogP contribution in [0.25, 0.3) is 0 Å². The van der Waals surface area contributed by atoms with Crippen LogP contribution in [0.15, 0.2) is 18.5 Å². The van der Waals surface area contributed by atoms with E-state index in [1.165, 1.54) is 32.1 Å². The SMILES string of the molecule is CC1(C)CN(CCn2cccn2)C(C2CCCCC2)CN1. The van der Waals surface area contributed by atoms with Gasteiger partial charge in [0.05, 0.1) is 6.54 Å². The molecule has 1 aliphatic carbocycles. The first-order chi connectivity index (χ1) is 10.1. The van der Waals surface area contributed by atoms with Crippen molar-refractivity contribution in [1.29, 1.82) is 0 Å². The van der Waals surface area contributed by atoms with E-state index in [0.717, 1.165) is 32.1 Å². The Balaban J connectivity index is 1.64. The lowest BCUT2D eigenvalue weighted by molar-refractivity contribution is 0.0447. The lowest BCUT2D eigenvalue weighted by atomic mass is 9.81. The first-order valence-corrected chi connectivity index (χ1v) is 8.61. The summed E-state index contributed by atoms with van der Waals surface area (Å²) in [6, 6.07) is 2.73. The van der Waals surface area contributed by atoms with Crippen molar-refractivity contribution in [3.8, 4) is 0 Å². The molecule has 1 saturated heterocycles. The molecule has 0 bridgehead atoms. The maximum absolute atomic E-state index is 4.35. The summed E-state index contributed by atoms with van der Waals surface area (Å²) in [5.74, 6) is 0.889. The molecule has 1 N–H and O–H groups in total. The summed E-state index contributed by atoms with van der Waals surface area (Å²) in [6.07, 6.45) is 11.1. The molecule has 1 aliphatic heterocycles. The number of hydrogen-bond acceptors (Lipinski definition) is 3. The van der Waals surface area contributed by atoms with Crippen molar-refractivity contribution in [1.82, 2.24) is 20.0 Å². The van der Waals surface area contributed by atoms with Gasteiger partial charge in [0, 0.05) is 43.6 Å². The smallest absolute Gasteiger partial charge is 0.0536 e. The van der Waals surface area contributed by atoms with E-state index in [2.05, 4.69) is 40.0 Å². The maximum atomic E-state index is 4.35. The van der Waals surface area contributed by atoms with Gasteiger partial charge in [0.25, 0.3) is 0 Å². The number of piperazine rings is 1. The Bertz CT molecular complexity index is 420. The molecule has 3 rings (SSSR count). The predicted molar refractivity (Wildman–Crippen MR) is 86.2 cm³/mol. The average molecular weight is 290 g/mol. The largest absolute Gasteiger partial charge is 0.309 e. The number of nitrogens with one attached hydrogen (secondary N) is 1. The third-order valence-corrected chi connectivity index (χ3v) is 5.23. The van der Waals surface area contributed by atoms with E-state index < -0.39 is 0 Å². The fraction of sp³-hybridized carbons (Fsp3) is 0.824. The van der Waals surface area contributed by atoms with Crippen LogP contribution in [0, 0.1) is 5.92 Å². The van der Waals surface area contributed by atoms with Crippen LogP contribution in [0.5, 0.6) is 0 Å². The Morgan fingerprint density at radius 3 is 2.71 bits per heavy atom. The van der Waals surface area contributed by atoms with Crippen molar-refractivity contribution in [2.24, 2.45) is 5.92 Å². The molecule has 4 nitrogen and oxygen atoms in total. The van der Waals surface area contributed by atoms with Gasteiger partial charge in [0.2, 0.25) is 0 Å². The van der Waals surface area contributed by atoms with Crippen LogP contribution in [0.4, 0.5) is 0 Å². The fourth-order valence-electron chi connectivity index (χ4n) is 4.08. The first kappa shape index (κ1) is 15.0. The van der Waals surface area contributed by atoms with Crippen LogP contribution in [-0.2, 0) is 6.54 Å². The van der Waals surface area contributed by atoms with Gasteiger partial charge in [-0.25, -0.2) is 0 Å². The van der Waals surface area contributed by atoms with Crippen LogP contribution in [0.3, 0.4) is 0 Å².